The molecule has 2 saturated heterocycles. The van der Waals surface area contributed by atoms with E-state index in [2.05, 4.69) is 6.58 Å². The van der Waals surface area contributed by atoms with Crippen LogP contribution < -0.4 is 0 Å². The molecule has 3 aliphatic rings. The summed E-state index contributed by atoms with van der Waals surface area (Å²) < 4.78 is 22.7. The minimum atomic E-state index is -0.657. The Balaban J connectivity index is 1.99. The minimum Gasteiger partial charge on any atom is -0.458 e. The molecule has 2 fully saturated rings. The van der Waals surface area contributed by atoms with Crippen molar-refractivity contribution in [2.75, 3.05) is 0 Å². The van der Waals surface area contributed by atoms with Crippen LogP contribution in [0.25, 0.3) is 0 Å². The van der Waals surface area contributed by atoms with Gasteiger partial charge < -0.3 is 18.9 Å². The first kappa shape index (κ1) is 21.3. The predicted molar refractivity (Wildman–Crippen MR) is 104 cm³/mol. The van der Waals surface area contributed by atoms with E-state index in [0.717, 1.165) is 5.57 Å². The van der Waals surface area contributed by atoms with Crippen molar-refractivity contribution < 1.29 is 33.3 Å². The zero-order valence-electron chi connectivity index (χ0n) is 17.5. The average Bonchev–Trinajstić information content (AvgIpc) is 3.17. The van der Waals surface area contributed by atoms with Gasteiger partial charge in [0.2, 0.25) is 0 Å². The summed E-state index contributed by atoms with van der Waals surface area (Å²) in [6.45, 7) is 12.4. The number of carbonyl (C=O) groups excluding carboxylic acids is 3. The zero-order valence-corrected chi connectivity index (χ0v) is 17.5. The molecule has 0 aromatic carbocycles. The number of carbonyl (C=O) groups is 3. The normalized spacial score (nSPS) is 38.7. The highest BCUT2D eigenvalue weighted by molar-refractivity contribution is 5.92. The summed E-state index contributed by atoms with van der Waals surface area (Å²) in [5.41, 5.74) is 0.948. The van der Waals surface area contributed by atoms with Gasteiger partial charge in [-0.2, -0.15) is 0 Å². The van der Waals surface area contributed by atoms with Gasteiger partial charge in [0.25, 0.3) is 0 Å². The Labute approximate surface area is 170 Å². The minimum absolute atomic E-state index is 0.151. The molecule has 158 valence electrons. The van der Waals surface area contributed by atoms with Crippen molar-refractivity contribution in [2.45, 2.75) is 77.5 Å². The van der Waals surface area contributed by atoms with Crippen molar-refractivity contribution in [1.29, 1.82) is 0 Å². The smallest absolute Gasteiger partial charge is 0.334 e. The Morgan fingerprint density at radius 3 is 2.62 bits per heavy atom. The van der Waals surface area contributed by atoms with E-state index in [0.29, 0.717) is 18.4 Å². The first-order valence-electron chi connectivity index (χ1n) is 9.82. The van der Waals surface area contributed by atoms with Gasteiger partial charge in [-0.25, -0.2) is 9.59 Å². The third-order valence-electron chi connectivity index (χ3n) is 5.99. The Morgan fingerprint density at radius 1 is 1.31 bits per heavy atom. The molecule has 0 unspecified atom stereocenters. The summed E-state index contributed by atoms with van der Waals surface area (Å²) in [7, 11) is 0. The Morgan fingerprint density at radius 2 is 2.00 bits per heavy atom. The fourth-order valence-electron chi connectivity index (χ4n) is 4.03. The zero-order chi connectivity index (χ0) is 21.5. The van der Waals surface area contributed by atoms with Crippen molar-refractivity contribution in [2.24, 2.45) is 5.92 Å². The molecule has 0 N–H and O–H groups in total. The maximum absolute atomic E-state index is 12.5. The molecule has 0 amide bonds. The number of allylic oxidation sites excluding steroid dienone is 1. The van der Waals surface area contributed by atoms with Crippen LogP contribution in [-0.4, -0.2) is 47.9 Å². The number of ether oxygens (including phenoxy) is 4. The van der Waals surface area contributed by atoms with Gasteiger partial charge in [0.05, 0.1) is 17.6 Å². The lowest BCUT2D eigenvalue weighted by Crippen LogP contribution is -2.38. The first-order chi connectivity index (χ1) is 13.6. The molecule has 7 heteroatoms. The summed E-state index contributed by atoms with van der Waals surface area (Å²) in [5, 5.41) is 0. The van der Waals surface area contributed by atoms with Crippen LogP contribution in [0.4, 0.5) is 0 Å². The lowest BCUT2D eigenvalue weighted by atomic mass is 9.82. The van der Waals surface area contributed by atoms with E-state index in [1.807, 2.05) is 13.8 Å². The molecule has 0 aromatic rings. The third kappa shape index (κ3) is 4.29. The van der Waals surface area contributed by atoms with Crippen molar-refractivity contribution in [3.8, 4) is 0 Å². The van der Waals surface area contributed by atoms with Crippen LogP contribution in [0.15, 0.2) is 35.5 Å². The summed E-state index contributed by atoms with van der Waals surface area (Å²) >= 11 is 0. The fraction of sp³-hybridized carbons (Fsp3) is 0.591. The van der Waals surface area contributed by atoms with Gasteiger partial charge in [-0.3, -0.25) is 4.79 Å². The summed E-state index contributed by atoms with van der Waals surface area (Å²) in [6, 6.07) is 0. The molecule has 1 aliphatic carbocycles. The van der Waals surface area contributed by atoms with E-state index < -0.39 is 41.8 Å². The van der Waals surface area contributed by atoms with Crippen LogP contribution in [0.2, 0.25) is 0 Å². The molecule has 6 atom stereocenters. The molecule has 7 nitrogen and oxygen atoms in total. The first-order valence-corrected chi connectivity index (χ1v) is 9.82. The third-order valence-corrected chi connectivity index (χ3v) is 5.99. The van der Waals surface area contributed by atoms with Crippen LogP contribution >= 0.6 is 0 Å². The SMILES string of the molecule is C=C1C(=O)O[C@@H]2/C=C(\C)[C@@H](OC(C)=O)C[C@H]3O[C@@]3(C)C[C@@H](OC(=O)/C(C)=C\C)[C@@H]12. The van der Waals surface area contributed by atoms with Crippen molar-refractivity contribution >= 4 is 17.9 Å². The number of epoxide rings is 1. The number of rotatable bonds is 3. The molecular formula is C22H28O7. The largest absolute Gasteiger partial charge is 0.458 e. The standard InChI is InChI=1S/C22H28O7/c1-7-11(2)20(24)28-17-10-22(6)18(29-22)9-15(26-14(5)23)12(3)8-16-19(17)13(4)21(25)27-16/h7-8,15-19H,4,9-10H2,1-3,5-6H3/b11-7-,12-8+/t15-,16+,17+,18+,19-,22-/m0/s1. The second-order valence-corrected chi connectivity index (χ2v) is 8.20. The predicted octanol–water partition coefficient (Wildman–Crippen LogP) is 2.79. The van der Waals surface area contributed by atoms with Gasteiger partial charge in [-0.05, 0) is 39.3 Å². The number of esters is 3. The Bertz CT molecular complexity index is 808. The van der Waals surface area contributed by atoms with Gasteiger partial charge in [0.15, 0.2) is 0 Å². The molecule has 0 aromatic heterocycles. The van der Waals surface area contributed by atoms with Gasteiger partial charge in [0.1, 0.15) is 18.3 Å². The maximum Gasteiger partial charge on any atom is 0.334 e. The lowest BCUT2D eigenvalue weighted by Gasteiger charge is -2.29. The second kappa shape index (κ2) is 7.78. The monoisotopic (exact) mass is 404 g/mol. The summed E-state index contributed by atoms with van der Waals surface area (Å²) in [4.78, 5) is 36.3. The van der Waals surface area contributed by atoms with Gasteiger partial charge >= 0.3 is 17.9 Å². The van der Waals surface area contributed by atoms with Gasteiger partial charge in [-0.1, -0.05) is 12.7 Å². The quantitative estimate of drug-likeness (QED) is 0.235. The topological polar surface area (TPSA) is 91.4 Å². The van der Waals surface area contributed by atoms with E-state index >= 15 is 0 Å². The second-order valence-electron chi connectivity index (χ2n) is 8.20. The Kier molecular flexibility index (Phi) is 5.72. The molecule has 0 saturated carbocycles. The highest BCUT2D eigenvalue weighted by Gasteiger charge is 2.58. The molecule has 2 heterocycles. The van der Waals surface area contributed by atoms with E-state index in [1.165, 1.54) is 6.92 Å². The molecule has 2 aliphatic heterocycles. The van der Waals surface area contributed by atoms with Crippen LogP contribution in [0, 0.1) is 5.92 Å². The van der Waals surface area contributed by atoms with Gasteiger partial charge in [0, 0.05) is 30.9 Å². The Hall–Kier alpha value is -2.41. The highest BCUT2D eigenvalue weighted by Crippen LogP contribution is 2.48. The van der Waals surface area contributed by atoms with E-state index in [9.17, 15) is 14.4 Å². The maximum atomic E-state index is 12.5. The van der Waals surface area contributed by atoms with E-state index in [4.69, 9.17) is 18.9 Å². The number of fused-ring (bicyclic) bond motifs is 2. The number of hydrogen-bond donors (Lipinski definition) is 0. The molecule has 29 heavy (non-hydrogen) atoms. The van der Waals surface area contributed by atoms with Crippen LogP contribution in [0.5, 0.6) is 0 Å². The van der Waals surface area contributed by atoms with Crippen molar-refractivity contribution in [3.05, 3.63) is 35.5 Å². The van der Waals surface area contributed by atoms with Crippen molar-refractivity contribution in [3.63, 3.8) is 0 Å². The van der Waals surface area contributed by atoms with E-state index in [-0.39, 0.29) is 17.6 Å². The highest BCUT2D eigenvalue weighted by atomic mass is 16.6. The summed E-state index contributed by atoms with van der Waals surface area (Å²) in [5.74, 6) is -1.89. The summed E-state index contributed by atoms with van der Waals surface area (Å²) in [6.07, 6.45) is 2.40. The molecule has 0 spiro atoms. The van der Waals surface area contributed by atoms with Crippen LogP contribution in [-0.2, 0) is 33.3 Å². The average molecular weight is 404 g/mol. The molecule has 0 bridgehead atoms. The molecule has 0 radical (unpaired) electrons. The van der Waals surface area contributed by atoms with Crippen LogP contribution in [0.1, 0.15) is 47.5 Å². The molecular weight excluding hydrogens is 376 g/mol. The fourth-order valence-corrected chi connectivity index (χ4v) is 4.03. The van der Waals surface area contributed by atoms with Gasteiger partial charge in [-0.15, -0.1) is 0 Å². The van der Waals surface area contributed by atoms with E-state index in [1.54, 1.807) is 26.0 Å². The lowest BCUT2D eigenvalue weighted by molar-refractivity contribution is -0.149. The van der Waals surface area contributed by atoms with Crippen molar-refractivity contribution in [1.82, 2.24) is 0 Å². The van der Waals surface area contributed by atoms with Crippen LogP contribution in [0.3, 0.4) is 0 Å². The molecule has 3 rings (SSSR count). The number of hydrogen-bond acceptors (Lipinski definition) is 7.